The number of halogens is 7. The minimum Gasteiger partial charge on any atom is -0.207 e. The highest BCUT2D eigenvalue weighted by Crippen LogP contribution is 2.43. The van der Waals surface area contributed by atoms with Crippen molar-refractivity contribution >= 4 is 69.6 Å². The van der Waals surface area contributed by atoms with Gasteiger partial charge in [-0.05, 0) is 6.07 Å². The number of hydrogen-bond donors (Lipinski definition) is 0. The molecule has 7 heteroatoms. The van der Waals surface area contributed by atoms with Crippen molar-refractivity contribution in [1.29, 1.82) is 0 Å². The van der Waals surface area contributed by atoms with Crippen LogP contribution in [0.1, 0.15) is 11.1 Å². The topological polar surface area (TPSA) is 0 Å². The van der Waals surface area contributed by atoms with Gasteiger partial charge in [0.25, 0.3) is 0 Å². The van der Waals surface area contributed by atoms with Crippen molar-refractivity contribution in [3.8, 4) is 0 Å². The van der Waals surface area contributed by atoms with Crippen molar-refractivity contribution in [3.63, 3.8) is 0 Å². The molecule has 0 aromatic heterocycles. The molecule has 0 atom stereocenters. The summed E-state index contributed by atoms with van der Waals surface area (Å²) in [6, 6.07) is 3.66. The van der Waals surface area contributed by atoms with Gasteiger partial charge >= 0.3 is 0 Å². The lowest BCUT2D eigenvalue weighted by molar-refractivity contribution is 0.611. The van der Waals surface area contributed by atoms with Gasteiger partial charge in [-0.15, -0.1) is 0 Å². The molecule has 1 aromatic carbocycles. The maximum atomic E-state index is 13.4. The molecule has 0 spiro atoms. The predicted molar refractivity (Wildman–Crippen MR) is 64.9 cm³/mol. The smallest absolute Gasteiger partial charge is 0.207 e. The average molecular weight is 331 g/mol. The molecule has 0 unspecified atom stereocenters. The number of benzene rings is 1. The molecular weight excluding hydrogens is 328 g/mol. The van der Waals surface area contributed by atoms with Crippen LogP contribution in [0.25, 0.3) is 0 Å². The summed E-state index contributed by atoms with van der Waals surface area (Å²) < 4.78 is 9.91. The Kier molecular flexibility index (Phi) is 4.31. The first-order valence-corrected chi connectivity index (χ1v) is 5.83. The maximum absolute atomic E-state index is 13.4. The van der Waals surface area contributed by atoms with Crippen LogP contribution in [-0.4, -0.2) is 0 Å². The van der Waals surface area contributed by atoms with E-state index in [0.717, 1.165) is 6.07 Å². The summed E-state index contributed by atoms with van der Waals surface area (Å²) in [5, 5.41) is 0. The Morgan fingerprint density at radius 1 is 0.867 bits per heavy atom. The minimum atomic E-state index is -1.84. The second-order valence-electron chi connectivity index (χ2n) is 2.69. The second-order valence-corrected chi connectivity index (χ2v) is 7.25. The molecule has 0 nitrogen and oxygen atoms in total. The van der Waals surface area contributed by atoms with E-state index in [1.165, 1.54) is 12.1 Å². The van der Waals surface area contributed by atoms with Crippen molar-refractivity contribution in [2.45, 2.75) is 7.59 Å². The molecule has 0 radical (unpaired) electrons. The summed E-state index contributed by atoms with van der Waals surface area (Å²) in [7, 11) is 0. The number of alkyl halides is 6. The highest BCUT2D eigenvalue weighted by molar-refractivity contribution is 6.67. The molecule has 0 aliphatic carbocycles. The van der Waals surface area contributed by atoms with Gasteiger partial charge in [-0.3, -0.25) is 0 Å². The van der Waals surface area contributed by atoms with Gasteiger partial charge in [-0.2, -0.15) is 0 Å². The summed E-state index contributed by atoms with van der Waals surface area (Å²) in [4.78, 5) is 0. The van der Waals surface area contributed by atoms with Gasteiger partial charge in [0, 0.05) is 11.1 Å². The van der Waals surface area contributed by atoms with E-state index in [1.807, 2.05) is 0 Å². The van der Waals surface area contributed by atoms with E-state index >= 15 is 0 Å². The zero-order valence-corrected chi connectivity index (χ0v) is 11.4. The molecule has 0 fully saturated rings. The van der Waals surface area contributed by atoms with E-state index in [-0.39, 0.29) is 11.1 Å². The second kappa shape index (κ2) is 4.64. The molecule has 0 saturated heterocycles. The Hall–Kier alpha value is 0.890. The molecular formula is C8H3Cl6F. The predicted octanol–water partition coefficient (Wildman–Crippen LogP) is 5.48. The fraction of sp³-hybridized carbons (Fsp3) is 0.250. The molecule has 0 saturated carbocycles. The first-order chi connectivity index (χ1) is 6.62. The third-order valence-electron chi connectivity index (χ3n) is 1.60. The van der Waals surface area contributed by atoms with Crippen LogP contribution >= 0.6 is 69.6 Å². The van der Waals surface area contributed by atoms with Crippen molar-refractivity contribution in [2.75, 3.05) is 0 Å². The van der Waals surface area contributed by atoms with E-state index in [2.05, 4.69) is 0 Å². The van der Waals surface area contributed by atoms with E-state index < -0.39 is 13.4 Å². The average Bonchev–Trinajstić information content (AvgIpc) is 1.99. The molecule has 1 aromatic rings. The van der Waals surface area contributed by atoms with E-state index in [9.17, 15) is 4.39 Å². The highest BCUT2D eigenvalue weighted by atomic mass is 35.6. The molecule has 0 aliphatic heterocycles. The summed E-state index contributed by atoms with van der Waals surface area (Å²) >= 11 is 33.3. The van der Waals surface area contributed by atoms with Gasteiger partial charge in [-0.25, -0.2) is 4.39 Å². The first-order valence-electron chi connectivity index (χ1n) is 3.56. The summed E-state index contributed by atoms with van der Waals surface area (Å²) in [5.41, 5.74) is 0.0773. The Morgan fingerprint density at radius 3 is 1.73 bits per heavy atom. The van der Waals surface area contributed by atoms with Gasteiger partial charge in [0.15, 0.2) is 0 Å². The third-order valence-corrected chi connectivity index (χ3v) is 2.87. The standard InChI is InChI=1S/C8H3Cl6F/c9-7(10,11)4-1-2-5(6(15)3-4)8(12,13)14/h1-3H. The van der Waals surface area contributed by atoms with Crippen LogP contribution in [0.2, 0.25) is 0 Å². The fourth-order valence-corrected chi connectivity index (χ4v) is 1.73. The first kappa shape index (κ1) is 14.0. The van der Waals surface area contributed by atoms with Gasteiger partial charge < -0.3 is 0 Å². The Morgan fingerprint density at radius 2 is 1.40 bits per heavy atom. The van der Waals surface area contributed by atoms with E-state index in [1.54, 1.807) is 0 Å². The maximum Gasteiger partial charge on any atom is 0.218 e. The largest absolute Gasteiger partial charge is 0.218 e. The SMILES string of the molecule is Fc1cc(C(Cl)(Cl)Cl)ccc1C(Cl)(Cl)Cl. The molecule has 0 N–H and O–H groups in total. The zero-order chi connectivity index (χ0) is 11.9. The van der Waals surface area contributed by atoms with Crippen molar-refractivity contribution in [3.05, 3.63) is 35.1 Å². The van der Waals surface area contributed by atoms with Crippen LogP contribution in [0.3, 0.4) is 0 Å². The van der Waals surface area contributed by atoms with Gasteiger partial charge in [-0.1, -0.05) is 81.7 Å². The Bertz CT molecular complexity index is 364. The van der Waals surface area contributed by atoms with Gasteiger partial charge in [0.05, 0.1) is 0 Å². The van der Waals surface area contributed by atoms with Crippen molar-refractivity contribution in [2.24, 2.45) is 0 Å². The van der Waals surface area contributed by atoms with Crippen LogP contribution in [-0.2, 0) is 7.59 Å². The Labute approximate surface area is 116 Å². The number of rotatable bonds is 0. The van der Waals surface area contributed by atoms with Crippen LogP contribution in [0.15, 0.2) is 18.2 Å². The molecule has 0 aliphatic rings. The van der Waals surface area contributed by atoms with E-state index in [0.29, 0.717) is 0 Å². The van der Waals surface area contributed by atoms with Crippen molar-refractivity contribution < 1.29 is 4.39 Å². The van der Waals surface area contributed by atoms with Crippen LogP contribution in [0, 0.1) is 5.82 Å². The van der Waals surface area contributed by atoms with E-state index in [4.69, 9.17) is 69.6 Å². The van der Waals surface area contributed by atoms with Crippen LogP contribution in [0.4, 0.5) is 4.39 Å². The lowest BCUT2D eigenvalue weighted by Gasteiger charge is -2.16. The summed E-state index contributed by atoms with van der Waals surface area (Å²) in [5.74, 6) is -0.737. The lowest BCUT2D eigenvalue weighted by atomic mass is 10.1. The third kappa shape index (κ3) is 3.69. The van der Waals surface area contributed by atoms with Gasteiger partial charge in [0.2, 0.25) is 7.59 Å². The normalized spacial score (nSPS) is 13.0. The molecule has 84 valence electrons. The summed E-state index contributed by atoms with van der Waals surface area (Å²) in [6.07, 6.45) is 0. The van der Waals surface area contributed by atoms with Crippen molar-refractivity contribution in [1.82, 2.24) is 0 Å². The summed E-state index contributed by atoms with van der Waals surface area (Å²) in [6.45, 7) is 0. The zero-order valence-electron chi connectivity index (χ0n) is 6.88. The lowest BCUT2D eigenvalue weighted by Crippen LogP contribution is -2.07. The Balaban J connectivity index is 3.21. The minimum absolute atomic E-state index is 0.0921. The quantitative estimate of drug-likeness (QED) is 0.553. The van der Waals surface area contributed by atoms with Crippen LogP contribution in [0.5, 0.6) is 0 Å². The molecule has 0 amide bonds. The van der Waals surface area contributed by atoms with Crippen LogP contribution < -0.4 is 0 Å². The molecule has 1 rings (SSSR count). The molecule has 0 bridgehead atoms. The molecule has 15 heavy (non-hydrogen) atoms. The van der Waals surface area contributed by atoms with Gasteiger partial charge in [0.1, 0.15) is 5.82 Å². The monoisotopic (exact) mass is 328 g/mol. The fourth-order valence-electron chi connectivity index (χ4n) is 0.921. The highest BCUT2D eigenvalue weighted by Gasteiger charge is 2.29. The molecule has 0 heterocycles. The number of hydrogen-bond acceptors (Lipinski definition) is 0.